The van der Waals surface area contributed by atoms with Gasteiger partial charge in [-0.2, -0.15) is 0 Å². The quantitative estimate of drug-likeness (QED) is 0.531. The number of nitrogens with one attached hydrogen (secondary N) is 2. The number of fused-ring (bicyclic) bond motifs is 1. The minimum absolute atomic E-state index is 0.0252. The molecule has 1 aromatic carbocycles. The first-order valence-corrected chi connectivity index (χ1v) is 14.3. The zero-order valence-corrected chi connectivity index (χ0v) is 24.3. The molecule has 2 atom stereocenters. The van der Waals surface area contributed by atoms with Crippen molar-refractivity contribution in [2.75, 3.05) is 13.7 Å². The number of methoxy groups -OCH3 is 1. The highest BCUT2D eigenvalue weighted by atomic mass is 16.7. The second kappa shape index (κ2) is 10.3. The van der Waals surface area contributed by atoms with Gasteiger partial charge in [-0.25, -0.2) is 4.79 Å². The summed E-state index contributed by atoms with van der Waals surface area (Å²) in [4.78, 5) is 31.3. The predicted molar refractivity (Wildman–Crippen MR) is 152 cm³/mol. The third-order valence-electron chi connectivity index (χ3n) is 9.09. The second-order valence-electron chi connectivity index (χ2n) is 12.5. The van der Waals surface area contributed by atoms with Gasteiger partial charge in [-0.15, -0.1) is 0 Å². The summed E-state index contributed by atoms with van der Waals surface area (Å²) in [6, 6.07) is 7.82. The van der Waals surface area contributed by atoms with Crippen LogP contribution in [-0.4, -0.2) is 59.9 Å². The molecule has 210 valence electrons. The monoisotopic (exact) mass is 535 g/mol. The van der Waals surface area contributed by atoms with E-state index in [2.05, 4.69) is 62.3 Å². The molecule has 2 fully saturated rings. The summed E-state index contributed by atoms with van der Waals surface area (Å²) in [6.07, 6.45) is 4.42. The highest BCUT2D eigenvalue weighted by Crippen LogP contribution is 2.42. The molecular weight excluding hydrogens is 493 g/mol. The molecule has 39 heavy (non-hydrogen) atoms. The molecule has 1 aromatic heterocycles. The van der Waals surface area contributed by atoms with Gasteiger partial charge in [0.2, 0.25) is 5.91 Å². The molecule has 5 rings (SSSR count). The van der Waals surface area contributed by atoms with Crippen LogP contribution < -0.4 is 10.8 Å². The molecule has 3 heterocycles. The fraction of sp³-hybridized carbons (Fsp3) is 0.600. The van der Waals surface area contributed by atoms with Gasteiger partial charge in [-0.3, -0.25) is 4.79 Å². The van der Waals surface area contributed by atoms with Crippen LogP contribution in [0.25, 0.3) is 11.3 Å². The number of alkyl carbamates (subject to hydrolysis) is 1. The smallest absolute Gasteiger partial charge is 0.453 e. The molecule has 0 saturated carbocycles. The fourth-order valence-electron chi connectivity index (χ4n) is 6.13. The molecule has 0 spiro atoms. The normalized spacial score (nSPS) is 22.3. The third-order valence-corrected chi connectivity index (χ3v) is 9.09. The maximum absolute atomic E-state index is 13.7. The summed E-state index contributed by atoms with van der Waals surface area (Å²) in [5.41, 5.74) is 6.39. The first-order valence-electron chi connectivity index (χ1n) is 14.3. The van der Waals surface area contributed by atoms with Gasteiger partial charge in [-0.1, -0.05) is 38.1 Å². The van der Waals surface area contributed by atoms with Crippen LogP contribution in [0.3, 0.4) is 0 Å². The van der Waals surface area contributed by atoms with Gasteiger partial charge in [0.15, 0.2) is 0 Å². The van der Waals surface area contributed by atoms with Crippen LogP contribution in [0.4, 0.5) is 4.79 Å². The Hall–Kier alpha value is -2.78. The third kappa shape index (κ3) is 5.00. The molecular formula is C30H42BN3O5. The molecule has 2 aliphatic heterocycles. The highest BCUT2D eigenvalue weighted by molar-refractivity contribution is 6.62. The van der Waals surface area contributed by atoms with Gasteiger partial charge < -0.3 is 29.2 Å². The van der Waals surface area contributed by atoms with E-state index in [-0.39, 0.29) is 36.2 Å². The number of hydrogen-bond acceptors (Lipinski definition) is 5. The van der Waals surface area contributed by atoms with Gasteiger partial charge >= 0.3 is 13.2 Å². The van der Waals surface area contributed by atoms with Crippen LogP contribution >= 0.6 is 0 Å². The van der Waals surface area contributed by atoms with Gasteiger partial charge in [0, 0.05) is 17.9 Å². The topological polar surface area (TPSA) is 92.9 Å². The Kier molecular flexibility index (Phi) is 7.35. The van der Waals surface area contributed by atoms with E-state index in [1.165, 1.54) is 18.2 Å². The van der Waals surface area contributed by atoms with Gasteiger partial charge in [0.05, 0.1) is 24.4 Å². The lowest BCUT2D eigenvalue weighted by Gasteiger charge is -2.32. The van der Waals surface area contributed by atoms with E-state index in [4.69, 9.17) is 14.0 Å². The number of H-pyrrole nitrogens is 1. The standard InChI is InChI=1S/C30H42BN3O5/c1-18(2)24(33-28(36)37-7)27(35)34-17-9-12-23(34)26-22-11-8-10-21(22)25(32-26)19-13-15-20(16-14-19)31-38-29(3,4)30(5,6)39-31/h13-16,18,23-24,32H,8-12,17H2,1-7H3,(H,33,36)/t23-,24?/m0/s1. The number of aromatic nitrogens is 1. The van der Waals surface area contributed by atoms with Gasteiger partial charge in [0.25, 0.3) is 0 Å². The minimum Gasteiger partial charge on any atom is -0.453 e. The molecule has 8 nitrogen and oxygen atoms in total. The number of amides is 2. The van der Waals surface area contributed by atoms with Gasteiger partial charge in [-0.05, 0) is 87.9 Å². The maximum atomic E-state index is 13.7. The Balaban J connectivity index is 1.41. The van der Waals surface area contributed by atoms with Crippen molar-refractivity contribution >= 4 is 24.6 Å². The van der Waals surface area contributed by atoms with E-state index < -0.39 is 12.1 Å². The van der Waals surface area contributed by atoms with Crippen LogP contribution in [0, 0.1) is 5.92 Å². The zero-order chi connectivity index (χ0) is 28.1. The Morgan fingerprint density at radius 1 is 1.05 bits per heavy atom. The van der Waals surface area contributed by atoms with E-state index in [9.17, 15) is 9.59 Å². The molecule has 3 aliphatic rings. The van der Waals surface area contributed by atoms with Crippen molar-refractivity contribution in [2.24, 2.45) is 5.92 Å². The van der Waals surface area contributed by atoms with Crippen molar-refractivity contribution in [3.8, 4) is 11.3 Å². The molecule has 2 saturated heterocycles. The van der Waals surface area contributed by atoms with E-state index in [1.54, 1.807) is 0 Å². The van der Waals surface area contributed by atoms with E-state index in [1.807, 2.05) is 18.7 Å². The average molecular weight is 535 g/mol. The van der Waals surface area contributed by atoms with Crippen LogP contribution in [-0.2, 0) is 31.7 Å². The summed E-state index contributed by atoms with van der Waals surface area (Å²) >= 11 is 0. The SMILES string of the molecule is COC(=O)NC(C(=O)N1CCC[C@H]1c1[nH]c(-c2ccc(B3OC(C)(C)C(C)(C)O3)cc2)c2c1CCC2)C(C)C. The van der Waals surface area contributed by atoms with E-state index in [0.29, 0.717) is 6.54 Å². The molecule has 0 radical (unpaired) electrons. The van der Waals surface area contributed by atoms with Crippen molar-refractivity contribution in [3.05, 3.63) is 41.1 Å². The minimum atomic E-state index is -0.622. The number of ether oxygens (including phenoxy) is 1. The highest BCUT2D eigenvalue weighted by Gasteiger charge is 2.51. The van der Waals surface area contributed by atoms with Crippen LogP contribution in [0.1, 0.15) is 83.7 Å². The zero-order valence-electron chi connectivity index (χ0n) is 24.3. The Labute approximate surface area is 232 Å². The summed E-state index contributed by atoms with van der Waals surface area (Å²) < 4.78 is 17.3. The maximum Gasteiger partial charge on any atom is 0.494 e. The summed E-state index contributed by atoms with van der Waals surface area (Å²) in [7, 11) is 0.932. The molecule has 1 unspecified atom stereocenters. The number of benzene rings is 1. The largest absolute Gasteiger partial charge is 0.494 e. The summed E-state index contributed by atoms with van der Waals surface area (Å²) in [5, 5.41) is 2.75. The number of rotatable bonds is 6. The van der Waals surface area contributed by atoms with Crippen LogP contribution in [0.15, 0.2) is 24.3 Å². The average Bonchev–Trinajstić information content (AvgIpc) is 3.65. The van der Waals surface area contributed by atoms with E-state index >= 15 is 0 Å². The molecule has 9 heteroatoms. The fourth-order valence-corrected chi connectivity index (χ4v) is 6.13. The first kappa shape index (κ1) is 27.8. The molecule has 1 aliphatic carbocycles. The van der Waals surface area contributed by atoms with Crippen molar-refractivity contribution < 1.29 is 23.6 Å². The first-order chi connectivity index (χ1) is 18.4. The van der Waals surface area contributed by atoms with Crippen LogP contribution in [0.2, 0.25) is 0 Å². The summed E-state index contributed by atoms with van der Waals surface area (Å²) in [5.74, 6) is -0.0992. The number of hydrogen-bond donors (Lipinski definition) is 2. The molecule has 2 N–H and O–H groups in total. The van der Waals surface area contributed by atoms with Crippen molar-refractivity contribution in [1.82, 2.24) is 15.2 Å². The number of likely N-dealkylation sites (tertiary alicyclic amines) is 1. The molecule has 2 aromatic rings. The number of nitrogens with zero attached hydrogens (tertiary/aromatic N) is 1. The molecule has 2 amide bonds. The van der Waals surface area contributed by atoms with Crippen molar-refractivity contribution in [3.63, 3.8) is 0 Å². The van der Waals surface area contributed by atoms with Crippen molar-refractivity contribution in [1.29, 1.82) is 0 Å². The number of aromatic amines is 1. The Morgan fingerprint density at radius 3 is 2.31 bits per heavy atom. The van der Waals surface area contributed by atoms with Crippen molar-refractivity contribution in [2.45, 2.75) is 96.9 Å². The molecule has 0 bridgehead atoms. The van der Waals surface area contributed by atoms with E-state index in [0.717, 1.165) is 54.5 Å². The number of carbonyl (C=O) groups is 2. The Bertz CT molecular complexity index is 1220. The second-order valence-corrected chi connectivity index (χ2v) is 12.5. The van der Waals surface area contributed by atoms with Gasteiger partial charge in [0.1, 0.15) is 6.04 Å². The van der Waals surface area contributed by atoms with Crippen LogP contribution in [0.5, 0.6) is 0 Å². The predicted octanol–water partition coefficient (Wildman–Crippen LogP) is 4.51. The summed E-state index contributed by atoms with van der Waals surface area (Å²) in [6.45, 7) is 12.8. The Morgan fingerprint density at radius 2 is 1.69 bits per heavy atom. The lowest BCUT2D eigenvalue weighted by atomic mass is 9.78. The number of carbonyl (C=O) groups excluding carboxylic acids is 2. The lowest BCUT2D eigenvalue weighted by Crippen LogP contribution is -2.51. The lowest BCUT2D eigenvalue weighted by molar-refractivity contribution is -0.135.